The third-order valence-corrected chi connectivity index (χ3v) is 5.57. The van der Waals surface area contributed by atoms with Crippen molar-refractivity contribution in [1.29, 1.82) is 5.41 Å². The minimum Gasteiger partial charge on any atom is -0.486 e. The molecule has 1 aliphatic heterocycles. The fourth-order valence-electron chi connectivity index (χ4n) is 3.63. The molecule has 0 bridgehead atoms. The van der Waals surface area contributed by atoms with E-state index in [0.29, 0.717) is 5.56 Å². The van der Waals surface area contributed by atoms with Crippen LogP contribution in [0, 0.1) is 22.9 Å². The van der Waals surface area contributed by atoms with Crippen molar-refractivity contribution >= 4 is 11.5 Å². The molecule has 176 valence electrons. The molecule has 0 unspecified atom stereocenters. The smallest absolute Gasteiger partial charge is 0.206 e. The van der Waals surface area contributed by atoms with Gasteiger partial charge in [0.25, 0.3) is 0 Å². The van der Waals surface area contributed by atoms with Crippen LogP contribution < -0.4 is 15.2 Å². The number of nitrogens with zero attached hydrogens (tertiary/aromatic N) is 1. The van der Waals surface area contributed by atoms with Crippen LogP contribution in [-0.4, -0.2) is 18.1 Å². The molecule has 0 saturated heterocycles. The molecule has 1 heterocycles. The lowest BCUT2D eigenvalue weighted by atomic mass is 10.0. The molecule has 0 aromatic heterocycles. The molecular weight excluding hydrogens is 443 g/mol. The number of aliphatic imine (C=N–C) groups is 1. The first kappa shape index (κ1) is 23.4. The van der Waals surface area contributed by atoms with E-state index in [9.17, 15) is 13.2 Å². The van der Waals surface area contributed by atoms with E-state index in [-0.39, 0.29) is 41.7 Å². The fourth-order valence-corrected chi connectivity index (χ4v) is 3.63. The van der Waals surface area contributed by atoms with Gasteiger partial charge < -0.3 is 15.2 Å². The number of benzene rings is 3. The zero-order chi connectivity index (χ0) is 24.1. The average Bonchev–Trinajstić information content (AvgIpc) is 2.84. The molecule has 0 radical (unpaired) electrons. The molecule has 3 N–H and O–H groups in total. The summed E-state index contributed by atoms with van der Waals surface area (Å²) in [6.45, 7) is 0.361. The molecule has 0 aliphatic carbocycles. The summed E-state index contributed by atoms with van der Waals surface area (Å²) in [5.74, 6) is -2.31. The van der Waals surface area contributed by atoms with Crippen LogP contribution in [0.4, 0.5) is 13.2 Å². The number of amidine groups is 1. The normalized spacial score (nSPS) is 13.3. The van der Waals surface area contributed by atoms with Gasteiger partial charge in [-0.1, -0.05) is 30.3 Å². The predicted molar refractivity (Wildman–Crippen MR) is 124 cm³/mol. The second-order valence-electron chi connectivity index (χ2n) is 7.96. The van der Waals surface area contributed by atoms with Gasteiger partial charge in [0.05, 0.1) is 0 Å². The van der Waals surface area contributed by atoms with Crippen molar-refractivity contribution in [3.63, 3.8) is 0 Å². The number of nitrogen functional groups attached to an aromatic ring is 1. The van der Waals surface area contributed by atoms with Gasteiger partial charge in [0, 0.05) is 28.9 Å². The SMILES string of the molecule is N=C(N)c1ccc(COc2cccc(OCc3ccc(C4=NCCCC4)cc3F)c2F)c(F)c1. The van der Waals surface area contributed by atoms with Gasteiger partial charge in [0.15, 0.2) is 11.5 Å². The van der Waals surface area contributed by atoms with Gasteiger partial charge in [-0.05, 0) is 49.1 Å². The van der Waals surface area contributed by atoms with Gasteiger partial charge in [-0.15, -0.1) is 0 Å². The van der Waals surface area contributed by atoms with Crippen LogP contribution in [0.25, 0.3) is 0 Å². The molecule has 0 atom stereocenters. The highest BCUT2D eigenvalue weighted by molar-refractivity contribution is 6.00. The van der Waals surface area contributed by atoms with Crippen LogP contribution in [0.1, 0.15) is 41.5 Å². The number of nitrogens with two attached hydrogens (primary N) is 1. The van der Waals surface area contributed by atoms with Crippen LogP contribution >= 0.6 is 0 Å². The standard InChI is InChI=1S/C26H24F3N3O2/c27-20-12-16(22-4-1-2-11-32-22)7-9-18(20)14-33-23-5-3-6-24(25(23)29)34-15-19-10-8-17(26(30)31)13-21(19)28/h3,5-10,12-13H,1-2,4,11,14-15H2,(H3,30,31). The van der Waals surface area contributed by atoms with Crippen molar-refractivity contribution in [1.82, 2.24) is 0 Å². The molecule has 0 saturated carbocycles. The zero-order valence-electron chi connectivity index (χ0n) is 18.4. The molecule has 8 heteroatoms. The Morgan fingerprint density at radius 3 is 2.09 bits per heavy atom. The molecule has 5 nitrogen and oxygen atoms in total. The third kappa shape index (κ3) is 5.39. The highest BCUT2D eigenvalue weighted by Crippen LogP contribution is 2.28. The lowest BCUT2D eigenvalue weighted by Crippen LogP contribution is -2.12. The highest BCUT2D eigenvalue weighted by atomic mass is 19.1. The number of ether oxygens (including phenoxy) is 2. The maximum absolute atomic E-state index is 14.9. The Balaban J connectivity index is 1.41. The Bertz CT molecular complexity index is 1240. The van der Waals surface area contributed by atoms with E-state index < -0.39 is 17.5 Å². The van der Waals surface area contributed by atoms with E-state index in [4.69, 9.17) is 20.6 Å². The minimum absolute atomic E-state index is 0.106. The number of rotatable bonds is 8. The van der Waals surface area contributed by atoms with E-state index in [1.165, 1.54) is 36.4 Å². The van der Waals surface area contributed by atoms with E-state index in [2.05, 4.69) is 4.99 Å². The topological polar surface area (TPSA) is 80.7 Å². The Hall–Kier alpha value is -3.81. The van der Waals surface area contributed by atoms with Crippen molar-refractivity contribution in [2.24, 2.45) is 10.7 Å². The molecule has 3 aromatic rings. The van der Waals surface area contributed by atoms with Gasteiger partial charge in [-0.25, -0.2) is 8.78 Å². The monoisotopic (exact) mass is 467 g/mol. The Morgan fingerprint density at radius 2 is 1.53 bits per heavy atom. The summed E-state index contributed by atoms with van der Waals surface area (Å²) in [5.41, 5.74) is 7.72. The van der Waals surface area contributed by atoms with Crippen molar-refractivity contribution in [3.05, 3.63) is 94.3 Å². The summed E-state index contributed by atoms with van der Waals surface area (Å²) in [6, 6.07) is 13.2. The van der Waals surface area contributed by atoms with Gasteiger partial charge >= 0.3 is 0 Å². The van der Waals surface area contributed by atoms with Crippen LogP contribution in [0.15, 0.2) is 59.6 Å². The number of halogens is 3. The Kier molecular flexibility index (Phi) is 7.15. The number of hydrogen-bond donors (Lipinski definition) is 2. The van der Waals surface area contributed by atoms with Crippen LogP contribution in [0.5, 0.6) is 11.5 Å². The van der Waals surface area contributed by atoms with Gasteiger partial charge in [-0.2, -0.15) is 4.39 Å². The number of nitrogens with one attached hydrogen (secondary N) is 1. The van der Waals surface area contributed by atoms with Crippen molar-refractivity contribution < 1.29 is 22.6 Å². The molecule has 0 amide bonds. The van der Waals surface area contributed by atoms with Crippen LogP contribution in [0.2, 0.25) is 0 Å². The molecule has 34 heavy (non-hydrogen) atoms. The molecule has 3 aromatic carbocycles. The summed E-state index contributed by atoms with van der Waals surface area (Å²) >= 11 is 0. The Morgan fingerprint density at radius 1 is 0.882 bits per heavy atom. The molecule has 1 aliphatic rings. The largest absolute Gasteiger partial charge is 0.486 e. The van der Waals surface area contributed by atoms with E-state index in [1.54, 1.807) is 12.1 Å². The predicted octanol–water partition coefficient (Wildman–Crippen LogP) is 5.52. The fraction of sp³-hybridized carbons (Fsp3) is 0.231. The van der Waals surface area contributed by atoms with Gasteiger partial charge in [0.1, 0.15) is 30.7 Å². The summed E-state index contributed by atoms with van der Waals surface area (Å²) < 4.78 is 54.6. The van der Waals surface area contributed by atoms with Crippen molar-refractivity contribution in [3.8, 4) is 11.5 Å². The third-order valence-electron chi connectivity index (χ3n) is 5.57. The highest BCUT2D eigenvalue weighted by Gasteiger charge is 2.15. The first-order chi connectivity index (χ1) is 16.4. The molecule has 4 rings (SSSR count). The van der Waals surface area contributed by atoms with Gasteiger partial charge in [-0.3, -0.25) is 10.4 Å². The van der Waals surface area contributed by atoms with Crippen LogP contribution in [-0.2, 0) is 13.2 Å². The molecule has 0 fully saturated rings. The van der Waals surface area contributed by atoms with Gasteiger partial charge in [0.2, 0.25) is 5.82 Å². The average molecular weight is 467 g/mol. The first-order valence-corrected chi connectivity index (χ1v) is 10.9. The quantitative estimate of drug-likeness (QED) is 0.338. The van der Waals surface area contributed by atoms with E-state index >= 15 is 0 Å². The summed E-state index contributed by atoms with van der Waals surface area (Å²) in [5, 5.41) is 7.35. The minimum atomic E-state index is -0.767. The number of hydrogen-bond acceptors (Lipinski definition) is 4. The summed E-state index contributed by atoms with van der Waals surface area (Å²) in [6.07, 6.45) is 2.92. The zero-order valence-corrected chi connectivity index (χ0v) is 18.4. The maximum Gasteiger partial charge on any atom is 0.206 e. The maximum atomic E-state index is 14.9. The van der Waals surface area contributed by atoms with E-state index in [0.717, 1.165) is 43.1 Å². The lowest BCUT2D eigenvalue weighted by molar-refractivity contribution is 0.258. The first-order valence-electron chi connectivity index (χ1n) is 10.9. The van der Waals surface area contributed by atoms with Crippen molar-refractivity contribution in [2.45, 2.75) is 32.5 Å². The summed E-state index contributed by atoms with van der Waals surface area (Å²) in [7, 11) is 0. The van der Waals surface area contributed by atoms with Crippen molar-refractivity contribution in [2.75, 3.05) is 6.54 Å². The van der Waals surface area contributed by atoms with E-state index in [1.807, 2.05) is 0 Å². The lowest BCUT2D eigenvalue weighted by Gasteiger charge is -2.14. The van der Waals surface area contributed by atoms with Crippen LogP contribution in [0.3, 0.4) is 0 Å². The molecule has 0 spiro atoms. The molecular formula is C26H24F3N3O2. The summed E-state index contributed by atoms with van der Waals surface area (Å²) in [4.78, 5) is 4.46. The second kappa shape index (κ2) is 10.4. The second-order valence-corrected chi connectivity index (χ2v) is 7.96. The Labute approximate surface area is 195 Å².